The number of fused-ring (bicyclic) bond motifs is 1. The normalized spacial score (nSPS) is 25.4. The molecule has 134 valence electrons. The summed E-state index contributed by atoms with van der Waals surface area (Å²) >= 11 is 0. The molecule has 1 saturated carbocycles. The van der Waals surface area contributed by atoms with E-state index in [1.165, 1.54) is 6.26 Å². The Morgan fingerprint density at radius 3 is 2.88 bits per heavy atom. The molecule has 0 radical (unpaired) electrons. The summed E-state index contributed by atoms with van der Waals surface area (Å²) in [5, 5.41) is 0. The van der Waals surface area contributed by atoms with E-state index in [4.69, 9.17) is 24.7 Å². The fraction of sp³-hybridized carbons (Fsp3) is 0.444. The zero-order chi connectivity index (χ0) is 17.8. The zero-order valence-electron chi connectivity index (χ0n) is 14.0. The Balaban J connectivity index is 1.64. The van der Waals surface area contributed by atoms with Crippen LogP contribution in [0.2, 0.25) is 0 Å². The summed E-state index contributed by atoms with van der Waals surface area (Å²) in [6, 6.07) is 7.03. The van der Waals surface area contributed by atoms with Crippen LogP contribution in [0.15, 0.2) is 36.3 Å². The molecule has 3 unspecified atom stereocenters. The third-order valence-corrected chi connectivity index (χ3v) is 4.40. The average Bonchev–Trinajstić information content (AvgIpc) is 2.62. The van der Waals surface area contributed by atoms with Crippen molar-refractivity contribution in [1.29, 1.82) is 0 Å². The van der Waals surface area contributed by atoms with Gasteiger partial charge in [-0.3, -0.25) is 9.59 Å². The van der Waals surface area contributed by atoms with Gasteiger partial charge in [0.05, 0.1) is 19.1 Å². The van der Waals surface area contributed by atoms with Crippen LogP contribution in [0.1, 0.15) is 19.3 Å². The third kappa shape index (κ3) is 4.11. The molecular weight excluding hydrogens is 326 g/mol. The van der Waals surface area contributed by atoms with Crippen molar-refractivity contribution >= 4 is 11.7 Å². The van der Waals surface area contributed by atoms with Gasteiger partial charge in [0.25, 0.3) is 0 Å². The van der Waals surface area contributed by atoms with E-state index < -0.39 is 5.91 Å². The van der Waals surface area contributed by atoms with E-state index in [9.17, 15) is 9.59 Å². The Hall–Kier alpha value is -2.54. The van der Waals surface area contributed by atoms with E-state index in [1.807, 2.05) is 0 Å². The molecule has 1 aliphatic carbocycles. The minimum atomic E-state index is -0.503. The van der Waals surface area contributed by atoms with E-state index in [-0.39, 0.29) is 36.3 Å². The molecule has 0 saturated heterocycles. The van der Waals surface area contributed by atoms with Gasteiger partial charge in [-0.05, 0) is 25.0 Å². The molecule has 2 aliphatic rings. The highest BCUT2D eigenvalue weighted by atomic mass is 16.5. The van der Waals surface area contributed by atoms with Gasteiger partial charge < -0.3 is 24.7 Å². The molecule has 7 heteroatoms. The van der Waals surface area contributed by atoms with Gasteiger partial charge >= 0.3 is 0 Å². The minimum Gasteiger partial charge on any atom is -0.497 e. The van der Waals surface area contributed by atoms with Crippen molar-refractivity contribution < 1.29 is 28.5 Å². The number of primary amides is 1. The summed E-state index contributed by atoms with van der Waals surface area (Å²) in [6.45, 7) is -0.115. The number of Topliss-reactive ketones (excluding diaryl/α,β-unsaturated/α-hetero) is 1. The smallest absolute Gasteiger partial charge is 0.243 e. The van der Waals surface area contributed by atoms with Crippen LogP contribution in [0.5, 0.6) is 11.5 Å². The van der Waals surface area contributed by atoms with Gasteiger partial charge in [-0.15, -0.1) is 0 Å². The molecule has 1 aromatic rings. The first-order chi connectivity index (χ1) is 12.1. The van der Waals surface area contributed by atoms with Crippen molar-refractivity contribution in [2.75, 3.05) is 13.7 Å². The lowest BCUT2D eigenvalue weighted by Gasteiger charge is -2.36. The number of carbonyl (C=O) groups excluding carboxylic acids is 2. The molecule has 1 fully saturated rings. The second-order valence-corrected chi connectivity index (χ2v) is 6.12. The number of nitrogens with two attached hydrogens (primary N) is 1. The summed E-state index contributed by atoms with van der Waals surface area (Å²) < 4.78 is 22.0. The van der Waals surface area contributed by atoms with Crippen molar-refractivity contribution in [3.63, 3.8) is 0 Å². The number of ether oxygens (including phenoxy) is 4. The van der Waals surface area contributed by atoms with E-state index in [0.29, 0.717) is 30.8 Å². The topological polar surface area (TPSA) is 97.1 Å². The standard InChI is InChI=1S/C18H21NO6/c1-22-11-3-2-4-13(7-11)25-16-9-24-15-8-12(23-10-17(19)20)5-6-14(15)18(16)21/h2-4,7,9,12,14-15H,5-6,8,10H2,1H3,(H2,19,20). The summed E-state index contributed by atoms with van der Waals surface area (Å²) in [7, 11) is 1.57. The minimum absolute atomic E-state index is 0.0765. The van der Waals surface area contributed by atoms with Crippen LogP contribution in [0.25, 0.3) is 0 Å². The number of hydrogen-bond acceptors (Lipinski definition) is 6. The molecule has 1 aliphatic heterocycles. The van der Waals surface area contributed by atoms with Gasteiger partial charge in [-0.25, -0.2) is 0 Å². The molecule has 2 N–H and O–H groups in total. The number of amides is 1. The van der Waals surface area contributed by atoms with Crippen molar-refractivity contribution in [3.05, 3.63) is 36.3 Å². The maximum atomic E-state index is 12.7. The fourth-order valence-electron chi connectivity index (χ4n) is 3.15. The third-order valence-electron chi connectivity index (χ3n) is 4.40. The summed E-state index contributed by atoms with van der Waals surface area (Å²) in [5.74, 6) is 0.501. The van der Waals surface area contributed by atoms with E-state index >= 15 is 0 Å². The number of ketones is 1. The molecular formula is C18H21NO6. The SMILES string of the molecule is COc1cccc(OC2=COC3CC(OCC(N)=O)CCC3C2=O)c1. The number of methoxy groups -OCH3 is 1. The maximum absolute atomic E-state index is 12.7. The van der Waals surface area contributed by atoms with Crippen molar-refractivity contribution in [3.8, 4) is 11.5 Å². The Morgan fingerprint density at radius 1 is 1.32 bits per heavy atom. The highest BCUT2D eigenvalue weighted by Gasteiger charge is 2.41. The first-order valence-electron chi connectivity index (χ1n) is 8.18. The van der Waals surface area contributed by atoms with Crippen LogP contribution in [0.4, 0.5) is 0 Å². The lowest BCUT2D eigenvalue weighted by atomic mass is 9.80. The van der Waals surface area contributed by atoms with Crippen LogP contribution in [-0.4, -0.2) is 37.6 Å². The lowest BCUT2D eigenvalue weighted by molar-refractivity contribution is -0.137. The van der Waals surface area contributed by atoms with E-state index in [1.54, 1.807) is 31.4 Å². The molecule has 1 heterocycles. The van der Waals surface area contributed by atoms with Gasteiger partial charge in [-0.2, -0.15) is 0 Å². The molecule has 0 bridgehead atoms. The Morgan fingerprint density at radius 2 is 2.12 bits per heavy atom. The zero-order valence-corrected chi connectivity index (χ0v) is 14.0. The fourth-order valence-corrected chi connectivity index (χ4v) is 3.15. The summed E-state index contributed by atoms with van der Waals surface area (Å²) in [4.78, 5) is 23.5. The molecule has 0 spiro atoms. The Labute approximate surface area is 145 Å². The van der Waals surface area contributed by atoms with Crippen molar-refractivity contribution in [2.45, 2.75) is 31.5 Å². The molecule has 3 rings (SSSR count). The number of hydrogen-bond donors (Lipinski definition) is 1. The predicted octanol–water partition coefficient (Wildman–Crippen LogP) is 1.55. The van der Waals surface area contributed by atoms with Crippen molar-refractivity contribution in [2.24, 2.45) is 11.7 Å². The maximum Gasteiger partial charge on any atom is 0.243 e. The first kappa shape index (κ1) is 17.3. The highest BCUT2D eigenvalue weighted by Crippen LogP contribution is 2.35. The molecule has 3 atom stereocenters. The monoisotopic (exact) mass is 347 g/mol. The van der Waals surface area contributed by atoms with Gasteiger partial charge in [0, 0.05) is 12.5 Å². The second-order valence-electron chi connectivity index (χ2n) is 6.12. The predicted molar refractivity (Wildman–Crippen MR) is 87.9 cm³/mol. The number of carbonyl (C=O) groups is 2. The molecule has 1 amide bonds. The van der Waals surface area contributed by atoms with Crippen molar-refractivity contribution in [1.82, 2.24) is 0 Å². The van der Waals surface area contributed by atoms with Gasteiger partial charge in [0.2, 0.25) is 17.4 Å². The van der Waals surface area contributed by atoms with E-state index in [2.05, 4.69) is 0 Å². The lowest BCUT2D eigenvalue weighted by Crippen LogP contribution is -2.43. The molecule has 0 aromatic heterocycles. The van der Waals surface area contributed by atoms with Crippen LogP contribution >= 0.6 is 0 Å². The van der Waals surface area contributed by atoms with E-state index in [0.717, 1.165) is 0 Å². The first-order valence-corrected chi connectivity index (χ1v) is 8.18. The Kier molecular flexibility index (Phi) is 5.23. The van der Waals surface area contributed by atoms with Crippen LogP contribution < -0.4 is 15.2 Å². The number of allylic oxidation sites excluding steroid dienone is 1. The van der Waals surface area contributed by atoms with Crippen LogP contribution in [0, 0.1) is 5.92 Å². The second kappa shape index (κ2) is 7.57. The number of rotatable bonds is 6. The van der Waals surface area contributed by atoms with Gasteiger partial charge in [0.15, 0.2) is 0 Å². The average molecular weight is 347 g/mol. The van der Waals surface area contributed by atoms with Crippen LogP contribution in [0.3, 0.4) is 0 Å². The van der Waals surface area contributed by atoms with Gasteiger partial charge in [-0.1, -0.05) is 6.07 Å². The molecule has 7 nitrogen and oxygen atoms in total. The highest BCUT2D eigenvalue weighted by molar-refractivity contribution is 5.96. The molecule has 1 aromatic carbocycles. The quantitative estimate of drug-likeness (QED) is 0.839. The molecule has 25 heavy (non-hydrogen) atoms. The Bertz CT molecular complexity index is 686. The number of benzene rings is 1. The largest absolute Gasteiger partial charge is 0.497 e. The summed E-state index contributed by atoms with van der Waals surface area (Å²) in [5.41, 5.74) is 5.09. The van der Waals surface area contributed by atoms with Gasteiger partial charge in [0.1, 0.15) is 30.5 Å². The summed E-state index contributed by atoms with van der Waals surface area (Å²) in [6.07, 6.45) is 2.81. The van der Waals surface area contributed by atoms with Crippen LogP contribution in [-0.2, 0) is 19.1 Å².